The standard InChI is InChI=1S/C13H15ClN4O2/c1-16-12-10(13(19)20-2)11(15)18(17-12)7-8-3-5-9(14)6-4-8/h3-6H,7,15H2,1-2H3,(H,16,17). The first-order chi connectivity index (χ1) is 9.56. The summed E-state index contributed by atoms with van der Waals surface area (Å²) in [5.41, 5.74) is 7.18. The third kappa shape index (κ3) is 2.70. The number of nitrogens with two attached hydrogens (primary N) is 1. The summed E-state index contributed by atoms with van der Waals surface area (Å²) in [6.07, 6.45) is 0. The Labute approximate surface area is 121 Å². The van der Waals surface area contributed by atoms with Crippen LogP contribution in [0, 0.1) is 0 Å². The van der Waals surface area contributed by atoms with Gasteiger partial charge in [-0.15, -0.1) is 0 Å². The maximum atomic E-state index is 11.7. The lowest BCUT2D eigenvalue weighted by Gasteiger charge is -2.05. The molecule has 0 unspecified atom stereocenters. The molecule has 1 aromatic carbocycles. The van der Waals surface area contributed by atoms with Crippen LogP contribution in [0.3, 0.4) is 0 Å². The molecule has 1 heterocycles. The van der Waals surface area contributed by atoms with Gasteiger partial charge in [0.1, 0.15) is 11.4 Å². The first-order valence-electron chi connectivity index (χ1n) is 5.93. The maximum Gasteiger partial charge on any atom is 0.345 e. The van der Waals surface area contributed by atoms with Gasteiger partial charge in [0, 0.05) is 12.1 Å². The zero-order valence-electron chi connectivity index (χ0n) is 11.2. The lowest BCUT2D eigenvalue weighted by atomic mass is 10.2. The molecule has 0 saturated heterocycles. The molecule has 0 aliphatic rings. The number of hydrogen-bond donors (Lipinski definition) is 2. The summed E-state index contributed by atoms with van der Waals surface area (Å²) in [6, 6.07) is 7.33. The third-order valence-corrected chi connectivity index (χ3v) is 3.12. The quantitative estimate of drug-likeness (QED) is 0.843. The van der Waals surface area contributed by atoms with Crippen molar-refractivity contribution in [2.24, 2.45) is 0 Å². The number of hydrogen-bond acceptors (Lipinski definition) is 5. The van der Waals surface area contributed by atoms with Gasteiger partial charge in [-0.3, -0.25) is 0 Å². The number of anilines is 2. The van der Waals surface area contributed by atoms with Crippen molar-refractivity contribution in [3.8, 4) is 0 Å². The molecule has 2 aromatic rings. The van der Waals surface area contributed by atoms with E-state index in [-0.39, 0.29) is 11.4 Å². The minimum absolute atomic E-state index is 0.240. The number of methoxy groups -OCH3 is 1. The van der Waals surface area contributed by atoms with Gasteiger partial charge in [0.05, 0.1) is 13.7 Å². The summed E-state index contributed by atoms with van der Waals surface area (Å²) in [5, 5.41) is 7.76. The second-order valence-electron chi connectivity index (χ2n) is 4.13. The van der Waals surface area contributed by atoms with Crippen molar-refractivity contribution in [1.29, 1.82) is 0 Å². The molecule has 0 aliphatic carbocycles. The molecule has 0 spiro atoms. The topological polar surface area (TPSA) is 82.2 Å². The average molecular weight is 295 g/mol. The average Bonchev–Trinajstić information content (AvgIpc) is 2.77. The molecule has 0 radical (unpaired) electrons. The molecule has 0 saturated carbocycles. The number of nitrogen functional groups attached to an aromatic ring is 1. The summed E-state index contributed by atoms with van der Waals surface area (Å²) in [5.74, 6) is 0.133. The number of carbonyl (C=O) groups is 1. The summed E-state index contributed by atoms with van der Waals surface area (Å²) >= 11 is 5.84. The maximum absolute atomic E-state index is 11.7. The highest BCUT2D eigenvalue weighted by molar-refractivity contribution is 6.30. The number of ether oxygens (including phenoxy) is 1. The van der Waals surface area contributed by atoms with E-state index in [2.05, 4.69) is 10.4 Å². The van der Waals surface area contributed by atoms with Gasteiger partial charge in [0.25, 0.3) is 0 Å². The van der Waals surface area contributed by atoms with Crippen LogP contribution in [0.25, 0.3) is 0 Å². The molecule has 20 heavy (non-hydrogen) atoms. The van der Waals surface area contributed by atoms with Crippen LogP contribution in [0.4, 0.5) is 11.6 Å². The van der Waals surface area contributed by atoms with Crippen molar-refractivity contribution >= 4 is 29.2 Å². The number of rotatable bonds is 4. The van der Waals surface area contributed by atoms with E-state index in [0.717, 1.165) is 5.56 Å². The summed E-state index contributed by atoms with van der Waals surface area (Å²) in [4.78, 5) is 11.7. The Kier molecular flexibility index (Phi) is 4.14. The minimum Gasteiger partial charge on any atom is -0.465 e. The molecule has 106 valence electrons. The fourth-order valence-electron chi connectivity index (χ4n) is 1.84. The summed E-state index contributed by atoms with van der Waals surface area (Å²) < 4.78 is 6.25. The van der Waals surface area contributed by atoms with E-state index in [4.69, 9.17) is 22.1 Å². The SMILES string of the molecule is CNc1nn(Cc2ccc(Cl)cc2)c(N)c1C(=O)OC. The number of nitrogens with one attached hydrogen (secondary N) is 1. The number of carbonyl (C=O) groups excluding carboxylic acids is 1. The summed E-state index contributed by atoms with van der Waals surface area (Å²) in [7, 11) is 2.97. The predicted octanol–water partition coefficient (Wildman–Crippen LogP) is 2.00. The van der Waals surface area contributed by atoms with Crippen molar-refractivity contribution in [3.05, 3.63) is 40.4 Å². The number of esters is 1. The fourth-order valence-corrected chi connectivity index (χ4v) is 1.96. The Hall–Kier alpha value is -2.21. The fraction of sp³-hybridized carbons (Fsp3) is 0.231. The Bertz CT molecular complexity index is 622. The van der Waals surface area contributed by atoms with E-state index in [1.54, 1.807) is 23.9 Å². The zero-order valence-corrected chi connectivity index (χ0v) is 11.9. The second-order valence-corrected chi connectivity index (χ2v) is 4.57. The van der Waals surface area contributed by atoms with E-state index >= 15 is 0 Å². The monoisotopic (exact) mass is 294 g/mol. The van der Waals surface area contributed by atoms with Crippen LogP contribution >= 0.6 is 11.6 Å². The lowest BCUT2D eigenvalue weighted by Crippen LogP contribution is -2.09. The molecule has 2 rings (SSSR count). The molecule has 3 N–H and O–H groups in total. The van der Waals surface area contributed by atoms with Crippen molar-refractivity contribution in [2.45, 2.75) is 6.54 Å². The van der Waals surface area contributed by atoms with Crippen molar-refractivity contribution < 1.29 is 9.53 Å². The Morgan fingerprint density at radius 2 is 2.10 bits per heavy atom. The molecular formula is C13H15ClN4O2. The highest BCUT2D eigenvalue weighted by atomic mass is 35.5. The molecule has 0 fully saturated rings. The van der Waals surface area contributed by atoms with Gasteiger partial charge in [0.2, 0.25) is 0 Å². The van der Waals surface area contributed by atoms with Crippen LogP contribution in [0.1, 0.15) is 15.9 Å². The smallest absolute Gasteiger partial charge is 0.345 e. The molecule has 0 aliphatic heterocycles. The van der Waals surface area contributed by atoms with Gasteiger partial charge in [-0.05, 0) is 17.7 Å². The number of halogens is 1. The third-order valence-electron chi connectivity index (χ3n) is 2.86. The zero-order chi connectivity index (χ0) is 14.7. The van der Waals surface area contributed by atoms with Crippen LogP contribution in [-0.4, -0.2) is 29.9 Å². The van der Waals surface area contributed by atoms with E-state index < -0.39 is 5.97 Å². The molecule has 6 nitrogen and oxygen atoms in total. The van der Waals surface area contributed by atoms with Gasteiger partial charge in [0.15, 0.2) is 5.82 Å². The minimum atomic E-state index is -0.519. The predicted molar refractivity (Wildman–Crippen MR) is 78.1 cm³/mol. The Morgan fingerprint density at radius 3 is 2.65 bits per heavy atom. The highest BCUT2D eigenvalue weighted by Crippen LogP contribution is 2.23. The lowest BCUT2D eigenvalue weighted by molar-refractivity contribution is 0.0603. The molecule has 0 amide bonds. The van der Waals surface area contributed by atoms with Crippen LogP contribution in [0.2, 0.25) is 5.02 Å². The Morgan fingerprint density at radius 1 is 1.45 bits per heavy atom. The van der Waals surface area contributed by atoms with Crippen molar-refractivity contribution in [2.75, 3.05) is 25.2 Å². The van der Waals surface area contributed by atoms with Crippen LogP contribution in [0.15, 0.2) is 24.3 Å². The van der Waals surface area contributed by atoms with E-state index in [1.165, 1.54) is 7.11 Å². The van der Waals surface area contributed by atoms with Crippen LogP contribution < -0.4 is 11.1 Å². The number of nitrogens with zero attached hydrogens (tertiary/aromatic N) is 2. The van der Waals surface area contributed by atoms with E-state index in [1.807, 2.05) is 12.1 Å². The summed E-state index contributed by atoms with van der Waals surface area (Å²) in [6.45, 7) is 0.439. The number of benzene rings is 1. The molecule has 1 aromatic heterocycles. The van der Waals surface area contributed by atoms with Gasteiger partial charge in [-0.1, -0.05) is 23.7 Å². The van der Waals surface area contributed by atoms with Crippen LogP contribution in [0.5, 0.6) is 0 Å². The molecule has 0 bridgehead atoms. The molecule has 0 atom stereocenters. The molecule has 7 heteroatoms. The van der Waals surface area contributed by atoms with Crippen molar-refractivity contribution in [1.82, 2.24) is 9.78 Å². The van der Waals surface area contributed by atoms with Crippen molar-refractivity contribution in [3.63, 3.8) is 0 Å². The Balaban J connectivity index is 2.35. The van der Waals surface area contributed by atoms with E-state index in [0.29, 0.717) is 17.4 Å². The van der Waals surface area contributed by atoms with E-state index in [9.17, 15) is 4.79 Å². The largest absolute Gasteiger partial charge is 0.465 e. The van der Waals surface area contributed by atoms with Gasteiger partial charge >= 0.3 is 5.97 Å². The van der Waals surface area contributed by atoms with Gasteiger partial charge < -0.3 is 15.8 Å². The second kappa shape index (κ2) is 5.83. The first-order valence-corrected chi connectivity index (χ1v) is 6.31. The molecular weight excluding hydrogens is 280 g/mol. The highest BCUT2D eigenvalue weighted by Gasteiger charge is 2.22. The van der Waals surface area contributed by atoms with Gasteiger partial charge in [-0.2, -0.15) is 5.10 Å². The normalized spacial score (nSPS) is 10.3. The van der Waals surface area contributed by atoms with Crippen LogP contribution in [-0.2, 0) is 11.3 Å². The number of aromatic nitrogens is 2. The first kappa shape index (κ1) is 14.2. The van der Waals surface area contributed by atoms with Gasteiger partial charge in [-0.25, -0.2) is 9.48 Å².